The van der Waals surface area contributed by atoms with Crippen LogP contribution < -0.4 is 9.47 Å². The number of benzene rings is 1. The average Bonchev–Trinajstić information content (AvgIpc) is 2.27. The molecule has 0 spiro atoms. The summed E-state index contributed by atoms with van der Waals surface area (Å²) in [4.78, 5) is 10.7. The van der Waals surface area contributed by atoms with Gasteiger partial charge in [0.15, 0.2) is 11.5 Å². The number of methoxy groups -OCH3 is 2. The van der Waals surface area contributed by atoms with Crippen LogP contribution in [0.15, 0.2) is 17.7 Å². The van der Waals surface area contributed by atoms with Crippen LogP contribution in [0.2, 0.25) is 0 Å². The molecule has 0 aliphatic carbocycles. The minimum absolute atomic E-state index is 0.271. The maximum absolute atomic E-state index is 10.7. The molecule has 0 unspecified atom stereocenters. The van der Waals surface area contributed by atoms with E-state index in [1.165, 1.54) is 0 Å². The minimum atomic E-state index is -0.935. The average molecular weight is 348 g/mol. The van der Waals surface area contributed by atoms with Gasteiger partial charge in [-0.15, -0.1) is 0 Å². The molecule has 17 heavy (non-hydrogen) atoms. The van der Waals surface area contributed by atoms with E-state index in [-0.39, 0.29) is 5.57 Å². The lowest BCUT2D eigenvalue weighted by Crippen LogP contribution is -1.97. The first-order chi connectivity index (χ1) is 7.99. The molecule has 0 fully saturated rings. The number of hydrogen-bond donors (Lipinski definition) is 1. The van der Waals surface area contributed by atoms with Gasteiger partial charge in [0.2, 0.25) is 0 Å². The molecule has 5 heteroatoms. The molecule has 1 aromatic carbocycles. The second kappa shape index (κ2) is 5.90. The number of carboxylic acid groups (broad SMARTS) is 1. The number of rotatable bonds is 4. The number of carboxylic acids is 1. The van der Waals surface area contributed by atoms with Gasteiger partial charge in [-0.1, -0.05) is 0 Å². The largest absolute Gasteiger partial charge is 0.493 e. The summed E-state index contributed by atoms with van der Waals surface area (Å²) in [6.07, 6.45) is 1.59. The molecule has 0 aromatic heterocycles. The Balaban J connectivity index is 3.25. The Hall–Kier alpha value is -1.24. The Morgan fingerprint density at radius 1 is 1.35 bits per heavy atom. The van der Waals surface area contributed by atoms with Crippen LogP contribution in [0.3, 0.4) is 0 Å². The number of hydrogen-bond acceptors (Lipinski definition) is 3. The van der Waals surface area contributed by atoms with Crippen LogP contribution in [-0.4, -0.2) is 25.3 Å². The predicted molar refractivity (Wildman–Crippen MR) is 73.5 cm³/mol. The van der Waals surface area contributed by atoms with E-state index < -0.39 is 5.97 Å². The first-order valence-electron chi connectivity index (χ1n) is 4.82. The summed E-state index contributed by atoms with van der Waals surface area (Å²) in [6.45, 7) is 1.55. The van der Waals surface area contributed by atoms with Crippen LogP contribution in [0.4, 0.5) is 0 Å². The molecule has 0 aliphatic rings. The summed E-state index contributed by atoms with van der Waals surface area (Å²) in [5.74, 6) is 0.303. The van der Waals surface area contributed by atoms with E-state index >= 15 is 0 Å². The van der Waals surface area contributed by atoms with Crippen molar-refractivity contribution in [2.24, 2.45) is 0 Å². The van der Waals surface area contributed by atoms with Crippen molar-refractivity contribution in [2.45, 2.75) is 6.92 Å². The lowest BCUT2D eigenvalue weighted by atomic mass is 10.1. The van der Waals surface area contributed by atoms with Crippen LogP contribution >= 0.6 is 22.6 Å². The van der Waals surface area contributed by atoms with Crippen LogP contribution in [0.25, 0.3) is 6.08 Å². The summed E-state index contributed by atoms with van der Waals surface area (Å²) in [7, 11) is 3.11. The summed E-state index contributed by atoms with van der Waals surface area (Å²) in [5.41, 5.74) is 1.04. The van der Waals surface area contributed by atoms with Gasteiger partial charge in [-0.3, -0.25) is 0 Å². The van der Waals surface area contributed by atoms with Crippen molar-refractivity contribution in [3.63, 3.8) is 0 Å². The fourth-order valence-electron chi connectivity index (χ4n) is 1.33. The molecular weight excluding hydrogens is 335 g/mol. The van der Waals surface area contributed by atoms with Gasteiger partial charge in [0.25, 0.3) is 0 Å². The maximum atomic E-state index is 10.7. The van der Waals surface area contributed by atoms with Crippen molar-refractivity contribution >= 4 is 34.6 Å². The number of aliphatic carboxylic acids is 1. The topological polar surface area (TPSA) is 55.8 Å². The van der Waals surface area contributed by atoms with E-state index in [0.717, 1.165) is 9.13 Å². The molecule has 92 valence electrons. The SMILES string of the molecule is COc1cc(/C=C(\C)C(=O)O)cc(I)c1OC. The van der Waals surface area contributed by atoms with Gasteiger partial charge in [0.05, 0.1) is 17.8 Å². The van der Waals surface area contributed by atoms with Gasteiger partial charge in [0.1, 0.15) is 0 Å². The molecule has 0 atom stereocenters. The van der Waals surface area contributed by atoms with Crippen molar-refractivity contribution < 1.29 is 19.4 Å². The predicted octanol–water partition coefficient (Wildman–Crippen LogP) is 2.80. The molecule has 0 radical (unpaired) electrons. The van der Waals surface area contributed by atoms with Gasteiger partial charge in [0, 0.05) is 5.57 Å². The zero-order valence-electron chi connectivity index (χ0n) is 9.78. The molecule has 0 bridgehead atoms. The normalized spacial score (nSPS) is 11.2. The van der Waals surface area contributed by atoms with Crippen LogP contribution in [0.1, 0.15) is 12.5 Å². The highest BCUT2D eigenvalue weighted by molar-refractivity contribution is 14.1. The molecule has 0 heterocycles. The highest BCUT2D eigenvalue weighted by Gasteiger charge is 2.10. The van der Waals surface area contributed by atoms with Gasteiger partial charge in [-0.2, -0.15) is 0 Å². The van der Waals surface area contributed by atoms with Crippen molar-refractivity contribution in [1.29, 1.82) is 0 Å². The molecule has 1 N–H and O–H groups in total. The zero-order chi connectivity index (χ0) is 13.0. The van der Waals surface area contributed by atoms with E-state index in [9.17, 15) is 4.79 Å². The first-order valence-corrected chi connectivity index (χ1v) is 5.90. The van der Waals surface area contributed by atoms with E-state index in [2.05, 4.69) is 22.6 Å². The number of halogens is 1. The molecule has 0 saturated carbocycles. The maximum Gasteiger partial charge on any atom is 0.331 e. The van der Waals surface area contributed by atoms with Gasteiger partial charge in [-0.05, 0) is 53.3 Å². The quantitative estimate of drug-likeness (QED) is 0.672. The van der Waals surface area contributed by atoms with E-state index in [0.29, 0.717) is 11.5 Å². The first kappa shape index (κ1) is 13.8. The fraction of sp³-hybridized carbons (Fsp3) is 0.250. The highest BCUT2D eigenvalue weighted by Crippen LogP contribution is 2.34. The monoisotopic (exact) mass is 348 g/mol. The Morgan fingerprint density at radius 2 is 2.00 bits per heavy atom. The van der Waals surface area contributed by atoms with Crippen LogP contribution in [-0.2, 0) is 4.79 Å². The van der Waals surface area contributed by atoms with Crippen LogP contribution in [0, 0.1) is 3.57 Å². The Labute approximate surface area is 113 Å². The summed E-state index contributed by atoms with van der Waals surface area (Å²) >= 11 is 2.12. The third-order valence-electron chi connectivity index (χ3n) is 2.18. The Morgan fingerprint density at radius 3 is 2.47 bits per heavy atom. The molecule has 1 rings (SSSR count). The standard InChI is InChI=1S/C12H13IO4/c1-7(12(14)15)4-8-5-9(13)11(17-3)10(6-8)16-2/h4-6H,1-3H3,(H,14,15)/b7-4+. The van der Waals surface area contributed by atoms with E-state index in [4.69, 9.17) is 14.6 Å². The summed E-state index contributed by atoms with van der Waals surface area (Å²) < 4.78 is 11.3. The van der Waals surface area contributed by atoms with E-state index in [1.54, 1.807) is 33.3 Å². The van der Waals surface area contributed by atoms with Gasteiger partial charge < -0.3 is 14.6 Å². The molecular formula is C12H13IO4. The van der Waals surface area contributed by atoms with E-state index in [1.807, 2.05) is 6.07 Å². The second-order valence-electron chi connectivity index (χ2n) is 3.37. The minimum Gasteiger partial charge on any atom is -0.493 e. The summed E-state index contributed by atoms with van der Waals surface area (Å²) in [6, 6.07) is 3.59. The Bertz CT molecular complexity index is 466. The molecule has 0 amide bonds. The number of carbonyl (C=O) groups is 1. The van der Waals surface area contributed by atoms with Crippen molar-refractivity contribution in [2.75, 3.05) is 14.2 Å². The van der Waals surface area contributed by atoms with Gasteiger partial charge in [-0.25, -0.2) is 4.79 Å². The smallest absolute Gasteiger partial charge is 0.331 e. The van der Waals surface area contributed by atoms with Crippen molar-refractivity contribution in [3.8, 4) is 11.5 Å². The fourth-order valence-corrected chi connectivity index (χ4v) is 2.18. The molecule has 4 nitrogen and oxygen atoms in total. The third kappa shape index (κ3) is 3.36. The lowest BCUT2D eigenvalue weighted by molar-refractivity contribution is -0.132. The van der Waals surface area contributed by atoms with Crippen LogP contribution in [0.5, 0.6) is 11.5 Å². The van der Waals surface area contributed by atoms with Crippen molar-refractivity contribution in [3.05, 3.63) is 26.8 Å². The molecule has 1 aromatic rings. The summed E-state index contributed by atoms with van der Waals surface area (Å²) in [5, 5.41) is 8.81. The molecule has 0 saturated heterocycles. The number of ether oxygens (including phenoxy) is 2. The zero-order valence-corrected chi connectivity index (χ0v) is 11.9. The van der Waals surface area contributed by atoms with Crippen molar-refractivity contribution in [1.82, 2.24) is 0 Å². The van der Waals surface area contributed by atoms with Gasteiger partial charge >= 0.3 is 5.97 Å². The third-order valence-corrected chi connectivity index (χ3v) is 2.98. The highest BCUT2D eigenvalue weighted by atomic mass is 127. The lowest BCUT2D eigenvalue weighted by Gasteiger charge is -2.10. The Kier molecular flexibility index (Phi) is 4.80. The second-order valence-corrected chi connectivity index (χ2v) is 4.53. The molecule has 0 aliphatic heterocycles.